The molecule has 3 aromatic rings. The highest BCUT2D eigenvalue weighted by molar-refractivity contribution is 7.16. The molecule has 130 valence electrons. The van der Waals surface area contributed by atoms with Crippen molar-refractivity contribution in [2.45, 2.75) is 20.3 Å². The normalized spacial score (nSPS) is 10.9. The summed E-state index contributed by atoms with van der Waals surface area (Å²) in [7, 11) is 1.32. The van der Waals surface area contributed by atoms with Crippen molar-refractivity contribution in [3.8, 4) is 5.13 Å². The quantitative estimate of drug-likeness (QED) is 0.708. The SMILES string of the molecule is COC(=O)c1sc(-n2[nH]c(C)c(Cc3ccc(Cl)cc3)c2=O)nc1C. The number of aromatic amines is 1. The smallest absolute Gasteiger partial charge is 0.350 e. The first-order valence-electron chi connectivity index (χ1n) is 7.51. The number of carbonyl (C=O) groups is 1. The highest BCUT2D eigenvalue weighted by atomic mass is 35.5. The molecular weight excluding hydrogens is 362 g/mol. The van der Waals surface area contributed by atoms with E-state index in [1.54, 1.807) is 19.1 Å². The maximum absolute atomic E-state index is 12.8. The molecule has 3 rings (SSSR count). The van der Waals surface area contributed by atoms with Crippen molar-refractivity contribution in [2.75, 3.05) is 7.11 Å². The van der Waals surface area contributed by atoms with Crippen molar-refractivity contribution >= 4 is 28.9 Å². The number of nitrogens with zero attached hydrogens (tertiary/aromatic N) is 2. The molecule has 0 saturated heterocycles. The highest BCUT2D eigenvalue weighted by Crippen LogP contribution is 2.22. The fourth-order valence-electron chi connectivity index (χ4n) is 2.49. The molecule has 0 aliphatic carbocycles. The molecule has 0 spiro atoms. The highest BCUT2D eigenvalue weighted by Gasteiger charge is 2.20. The number of hydrogen-bond acceptors (Lipinski definition) is 5. The van der Waals surface area contributed by atoms with Crippen LogP contribution in [0.5, 0.6) is 0 Å². The van der Waals surface area contributed by atoms with Gasteiger partial charge in [0, 0.05) is 22.7 Å². The minimum Gasteiger partial charge on any atom is -0.465 e. The van der Waals surface area contributed by atoms with Gasteiger partial charge in [-0.15, -0.1) is 0 Å². The van der Waals surface area contributed by atoms with Crippen LogP contribution in [0, 0.1) is 13.8 Å². The van der Waals surface area contributed by atoms with Crippen molar-refractivity contribution < 1.29 is 9.53 Å². The van der Waals surface area contributed by atoms with Crippen LogP contribution in [0.15, 0.2) is 29.1 Å². The largest absolute Gasteiger partial charge is 0.465 e. The lowest BCUT2D eigenvalue weighted by molar-refractivity contribution is 0.0605. The van der Waals surface area contributed by atoms with Crippen molar-refractivity contribution in [1.82, 2.24) is 14.8 Å². The monoisotopic (exact) mass is 377 g/mol. The summed E-state index contributed by atoms with van der Waals surface area (Å²) in [6.07, 6.45) is 0.486. The molecule has 0 fully saturated rings. The zero-order valence-electron chi connectivity index (χ0n) is 13.9. The summed E-state index contributed by atoms with van der Waals surface area (Å²) in [5.74, 6) is -0.459. The van der Waals surface area contributed by atoms with Crippen LogP contribution in [0.2, 0.25) is 5.02 Å². The second-order valence-electron chi connectivity index (χ2n) is 5.56. The number of carbonyl (C=O) groups excluding carboxylic acids is 1. The average molecular weight is 378 g/mol. The third-order valence-corrected chi connectivity index (χ3v) is 5.21. The first-order chi connectivity index (χ1) is 11.9. The maximum Gasteiger partial charge on any atom is 0.350 e. The fourth-order valence-corrected chi connectivity index (χ4v) is 3.56. The number of methoxy groups -OCH3 is 1. The molecule has 1 N–H and O–H groups in total. The molecule has 8 heteroatoms. The van der Waals surface area contributed by atoms with Crippen molar-refractivity contribution in [2.24, 2.45) is 0 Å². The Morgan fingerprint density at radius 1 is 1.32 bits per heavy atom. The first kappa shape index (κ1) is 17.4. The minimum atomic E-state index is -0.459. The van der Waals surface area contributed by atoms with Crippen LogP contribution in [0.1, 0.15) is 32.2 Å². The molecule has 2 heterocycles. The van der Waals surface area contributed by atoms with E-state index in [-0.39, 0.29) is 5.56 Å². The van der Waals surface area contributed by atoms with Gasteiger partial charge in [-0.25, -0.2) is 9.78 Å². The number of esters is 1. The summed E-state index contributed by atoms with van der Waals surface area (Å²) in [6.45, 7) is 3.55. The Morgan fingerprint density at radius 2 is 2.00 bits per heavy atom. The van der Waals surface area contributed by atoms with Gasteiger partial charge in [0.25, 0.3) is 5.56 Å². The first-order valence-corrected chi connectivity index (χ1v) is 8.71. The summed E-state index contributed by atoms with van der Waals surface area (Å²) in [4.78, 5) is 29.2. The predicted molar refractivity (Wildman–Crippen MR) is 97.1 cm³/mol. The number of thiazole rings is 1. The molecule has 0 unspecified atom stereocenters. The third kappa shape index (κ3) is 3.38. The molecule has 25 heavy (non-hydrogen) atoms. The lowest BCUT2D eigenvalue weighted by atomic mass is 10.1. The number of rotatable bonds is 4. The van der Waals surface area contributed by atoms with Crippen molar-refractivity contribution in [3.05, 3.63) is 67.0 Å². The average Bonchev–Trinajstić information content (AvgIpc) is 3.10. The van der Waals surface area contributed by atoms with Gasteiger partial charge >= 0.3 is 5.97 Å². The molecule has 2 aromatic heterocycles. The van der Waals surface area contributed by atoms with E-state index in [4.69, 9.17) is 16.3 Å². The Bertz CT molecular complexity index is 986. The van der Waals surface area contributed by atoms with Crippen LogP contribution in [0.3, 0.4) is 0 Å². The molecule has 6 nitrogen and oxygen atoms in total. The standard InChI is InChI=1S/C17H16ClN3O3S/c1-9-13(8-11-4-6-12(18)7-5-11)15(22)21(20-9)17-19-10(2)14(25-17)16(23)24-3/h4-7,20H,8H2,1-3H3. The van der Waals surface area contributed by atoms with E-state index in [0.29, 0.717) is 32.7 Å². The molecule has 0 radical (unpaired) electrons. The Morgan fingerprint density at radius 3 is 2.64 bits per heavy atom. The molecule has 0 aliphatic rings. The topological polar surface area (TPSA) is 77.0 Å². The van der Waals surface area contributed by atoms with Gasteiger partial charge in [-0.3, -0.25) is 9.89 Å². The number of hydrogen-bond donors (Lipinski definition) is 1. The Kier molecular flexibility index (Phi) is 4.78. The number of aromatic nitrogens is 3. The van der Waals surface area contributed by atoms with Crippen molar-refractivity contribution in [3.63, 3.8) is 0 Å². The van der Waals surface area contributed by atoms with Gasteiger partial charge in [-0.1, -0.05) is 35.1 Å². The number of aryl methyl sites for hydroxylation is 2. The number of ether oxygens (including phenoxy) is 1. The second-order valence-corrected chi connectivity index (χ2v) is 6.98. The second kappa shape index (κ2) is 6.85. The Balaban J connectivity index is 1.98. The van der Waals surface area contributed by atoms with E-state index in [1.165, 1.54) is 11.8 Å². The van der Waals surface area contributed by atoms with Crippen LogP contribution >= 0.6 is 22.9 Å². The fraction of sp³-hybridized carbons (Fsp3) is 0.235. The summed E-state index contributed by atoms with van der Waals surface area (Å²) < 4.78 is 6.10. The molecule has 0 bridgehead atoms. The number of nitrogens with one attached hydrogen (secondary N) is 1. The molecule has 0 atom stereocenters. The lowest BCUT2D eigenvalue weighted by Crippen LogP contribution is -2.17. The van der Waals surface area contributed by atoms with E-state index in [0.717, 1.165) is 22.6 Å². The molecule has 0 saturated carbocycles. The van der Waals surface area contributed by atoms with Gasteiger partial charge in [0.2, 0.25) is 5.13 Å². The molecular formula is C17H16ClN3O3S. The number of H-pyrrole nitrogens is 1. The molecule has 0 aliphatic heterocycles. The van der Waals surface area contributed by atoms with E-state index in [2.05, 4.69) is 10.1 Å². The van der Waals surface area contributed by atoms with Gasteiger partial charge in [0.15, 0.2) is 0 Å². The van der Waals surface area contributed by atoms with Crippen LogP contribution in [-0.4, -0.2) is 27.8 Å². The zero-order valence-corrected chi connectivity index (χ0v) is 15.5. The van der Waals surface area contributed by atoms with Crippen LogP contribution in [0.25, 0.3) is 5.13 Å². The van der Waals surface area contributed by atoms with Gasteiger partial charge in [0.1, 0.15) is 4.88 Å². The van der Waals surface area contributed by atoms with Crippen molar-refractivity contribution in [1.29, 1.82) is 0 Å². The van der Waals surface area contributed by atoms with Gasteiger partial charge in [-0.05, 0) is 31.5 Å². The third-order valence-electron chi connectivity index (χ3n) is 3.83. The predicted octanol–water partition coefficient (Wildman–Crippen LogP) is 3.27. The van der Waals surface area contributed by atoms with Crippen LogP contribution in [-0.2, 0) is 11.2 Å². The Hall–Kier alpha value is -2.38. The van der Waals surface area contributed by atoms with E-state index < -0.39 is 5.97 Å². The number of benzene rings is 1. The van der Waals surface area contributed by atoms with E-state index in [9.17, 15) is 9.59 Å². The van der Waals surface area contributed by atoms with Gasteiger partial charge in [-0.2, -0.15) is 4.68 Å². The molecule has 0 amide bonds. The number of halogens is 1. The lowest BCUT2D eigenvalue weighted by Gasteiger charge is -1.99. The summed E-state index contributed by atoms with van der Waals surface area (Å²) in [5, 5.41) is 4.10. The van der Waals surface area contributed by atoms with E-state index in [1.807, 2.05) is 19.1 Å². The molecule has 1 aromatic carbocycles. The summed E-state index contributed by atoms with van der Waals surface area (Å²) >= 11 is 7.02. The van der Waals surface area contributed by atoms with E-state index >= 15 is 0 Å². The van der Waals surface area contributed by atoms with Gasteiger partial charge in [0.05, 0.1) is 12.8 Å². The minimum absolute atomic E-state index is 0.183. The maximum atomic E-state index is 12.8. The summed E-state index contributed by atoms with van der Waals surface area (Å²) in [5.41, 5.74) is 2.74. The summed E-state index contributed by atoms with van der Waals surface area (Å²) in [6, 6.07) is 7.37. The van der Waals surface area contributed by atoms with Gasteiger partial charge < -0.3 is 4.74 Å². The van der Waals surface area contributed by atoms with Crippen LogP contribution in [0.4, 0.5) is 0 Å². The van der Waals surface area contributed by atoms with Crippen LogP contribution < -0.4 is 5.56 Å². The zero-order chi connectivity index (χ0) is 18.1. The Labute approximate surface area is 153 Å².